The summed E-state index contributed by atoms with van der Waals surface area (Å²) < 4.78 is 0. The molecule has 2 heteroatoms. The minimum Gasteiger partial charge on any atom is -0.309 e. The number of fused-ring (bicyclic) bond motifs is 23. The molecule has 20 unspecified atom stereocenters. The third-order valence-electron chi connectivity index (χ3n) is 40.7. The topological polar surface area (TPSA) is 6.48 Å². The molecule has 12 aromatic carbocycles. The lowest BCUT2D eigenvalue weighted by molar-refractivity contribution is 0.229. The van der Waals surface area contributed by atoms with E-state index in [2.05, 4.69) is 394 Å². The second kappa shape index (κ2) is 34.2. The van der Waals surface area contributed by atoms with Crippen molar-refractivity contribution < 1.29 is 0 Å². The fourth-order valence-corrected chi connectivity index (χ4v) is 33.1. The molecular formula is C140H168N2. The summed E-state index contributed by atoms with van der Waals surface area (Å²) in [5, 5.41) is 5.13. The summed E-state index contributed by atoms with van der Waals surface area (Å²) in [7, 11) is 0. The number of hydrogen-bond acceptors (Lipinski definition) is 2. The smallest absolute Gasteiger partial charge is 0.0620 e. The van der Waals surface area contributed by atoms with Gasteiger partial charge in [-0.15, -0.1) is 0 Å². The molecule has 12 aliphatic carbocycles. The van der Waals surface area contributed by atoms with Crippen molar-refractivity contribution >= 4 is 55.7 Å². The van der Waals surface area contributed by atoms with E-state index in [0.29, 0.717) is 29.6 Å². The zero-order chi connectivity index (χ0) is 98.8. The normalized spacial score (nSPS) is 28.1. The molecule has 0 aliphatic heterocycles. The van der Waals surface area contributed by atoms with Gasteiger partial charge in [0, 0.05) is 44.3 Å². The molecule has 12 aromatic rings. The van der Waals surface area contributed by atoms with Gasteiger partial charge in [0.2, 0.25) is 0 Å². The van der Waals surface area contributed by atoms with Crippen LogP contribution >= 0.6 is 0 Å². The molecule has 12 fully saturated rings. The molecule has 0 spiro atoms. The minimum atomic E-state index is -0.112. The fraction of sp³-hybridized carbons (Fsp3) is 0.514. The highest BCUT2D eigenvalue weighted by atomic mass is 15.2. The molecule has 0 N–H and O–H groups in total. The van der Waals surface area contributed by atoms with Crippen LogP contribution in [-0.4, -0.2) is 0 Å². The van der Waals surface area contributed by atoms with Gasteiger partial charge in [-0.05, 0) is 460 Å². The summed E-state index contributed by atoms with van der Waals surface area (Å²) >= 11 is 0. The van der Waals surface area contributed by atoms with E-state index >= 15 is 0 Å². The van der Waals surface area contributed by atoms with E-state index < -0.39 is 0 Å². The monoisotopic (exact) mass is 1880 g/mol. The SMILES string of the molecule is CC(C)(C)c1cc(-c2cc(-c3cc(C(C)(C)C)cc(C(C)(C)C)c3)cc(N(c3cc(C4CC5CC4C4CCC5C4)cc(C4CC5CC4C4CCCC54)c3)c3c4ccccc4c(N(c4cc(-c5cc(C(C)(C)C)cc(C(C)(C)C)c5)cc(-c5cc(C(C)(C)C)cc(C(C)(C)C)c5)c4)c4cc(C5CC6CC5C5CCCC65)cc(C5CC6CC5C5CCCC65)c4)c4cc(-c5ccccc5)ccc34)c2)cc(C(C)(C)C)c1. The first-order valence-corrected chi connectivity index (χ1v) is 57.2. The van der Waals surface area contributed by atoms with Gasteiger partial charge in [0.05, 0.1) is 11.4 Å². The Kier molecular flexibility index (Phi) is 22.9. The second-order valence-electron chi connectivity index (χ2n) is 57.6. The zero-order valence-electron chi connectivity index (χ0n) is 91.4. The number of hydrogen-bond donors (Lipinski definition) is 0. The molecule has 24 rings (SSSR count). The highest BCUT2D eigenvalue weighted by Crippen LogP contribution is 2.70. The fourth-order valence-electron chi connectivity index (χ4n) is 33.1. The predicted molar refractivity (Wildman–Crippen MR) is 607 cm³/mol. The molecule has 0 heterocycles. The third kappa shape index (κ3) is 16.8. The van der Waals surface area contributed by atoms with Crippen LogP contribution in [0.4, 0.5) is 34.1 Å². The van der Waals surface area contributed by atoms with Crippen LogP contribution in [-0.2, 0) is 43.3 Å². The Morgan fingerprint density at radius 3 is 0.789 bits per heavy atom. The quantitative estimate of drug-likeness (QED) is 0.0746. The summed E-state index contributed by atoms with van der Waals surface area (Å²) in [4.78, 5) is 5.97. The van der Waals surface area contributed by atoms with Gasteiger partial charge in [-0.25, -0.2) is 0 Å². The number of benzene rings is 12. The molecule has 0 radical (unpaired) electrons. The van der Waals surface area contributed by atoms with Crippen molar-refractivity contribution in [3.63, 3.8) is 0 Å². The van der Waals surface area contributed by atoms with E-state index in [0.717, 1.165) is 88.8 Å². The molecule has 20 atom stereocenters. The summed E-state index contributed by atoms with van der Waals surface area (Å²) in [6, 6.07) is 94.2. The van der Waals surface area contributed by atoms with Gasteiger partial charge in [-0.2, -0.15) is 0 Å². The number of rotatable bonds is 15. The van der Waals surface area contributed by atoms with Gasteiger partial charge < -0.3 is 9.80 Å². The van der Waals surface area contributed by atoms with Crippen molar-refractivity contribution in [1.82, 2.24) is 0 Å². The predicted octanol–water partition coefficient (Wildman–Crippen LogP) is 39.8. The lowest BCUT2D eigenvalue weighted by Crippen LogP contribution is -2.25. The first kappa shape index (κ1) is 95.0. The largest absolute Gasteiger partial charge is 0.309 e. The van der Waals surface area contributed by atoms with Gasteiger partial charge in [0.25, 0.3) is 0 Å². The van der Waals surface area contributed by atoms with Gasteiger partial charge in [-0.3, -0.25) is 0 Å². The van der Waals surface area contributed by atoms with Gasteiger partial charge >= 0.3 is 0 Å². The molecule has 142 heavy (non-hydrogen) atoms. The van der Waals surface area contributed by atoms with Gasteiger partial charge in [0.15, 0.2) is 0 Å². The van der Waals surface area contributed by atoms with Gasteiger partial charge in [0.1, 0.15) is 0 Å². The second-order valence-corrected chi connectivity index (χ2v) is 57.6. The third-order valence-corrected chi connectivity index (χ3v) is 40.7. The van der Waals surface area contributed by atoms with E-state index in [4.69, 9.17) is 0 Å². The number of nitrogens with zero attached hydrogens (tertiary/aromatic N) is 2. The highest BCUT2D eigenvalue weighted by Gasteiger charge is 2.59. The Morgan fingerprint density at radius 1 is 0.176 bits per heavy atom. The molecule has 10 bridgehead atoms. The maximum absolute atomic E-state index is 2.99. The lowest BCUT2D eigenvalue weighted by Gasteiger charge is -2.37. The van der Waals surface area contributed by atoms with Crippen LogP contribution in [0.15, 0.2) is 218 Å². The Hall–Kier alpha value is -9.24. The van der Waals surface area contributed by atoms with Crippen molar-refractivity contribution in [3.05, 3.63) is 285 Å². The van der Waals surface area contributed by atoms with E-state index in [-0.39, 0.29) is 43.3 Å². The molecule has 2 nitrogen and oxygen atoms in total. The van der Waals surface area contributed by atoms with Crippen LogP contribution in [0.25, 0.3) is 77.2 Å². The zero-order valence-corrected chi connectivity index (χ0v) is 91.4. The Balaban J connectivity index is 0.854. The van der Waals surface area contributed by atoms with Crippen LogP contribution in [0.3, 0.4) is 0 Å². The van der Waals surface area contributed by atoms with Crippen LogP contribution in [0.1, 0.15) is 385 Å². The highest BCUT2D eigenvalue weighted by molar-refractivity contribution is 6.24. The van der Waals surface area contributed by atoms with Gasteiger partial charge in [-0.1, -0.05) is 337 Å². The molecule has 738 valence electrons. The van der Waals surface area contributed by atoms with Crippen molar-refractivity contribution in [2.45, 2.75) is 362 Å². The minimum absolute atomic E-state index is 0.110. The summed E-state index contributed by atoms with van der Waals surface area (Å²) in [6.45, 7) is 58.6. The number of anilines is 6. The van der Waals surface area contributed by atoms with Crippen molar-refractivity contribution in [2.75, 3.05) is 9.80 Å². The molecule has 0 saturated heterocycles. The van der Waals surface area contributed by atoms with Crippen molar-refractivity contribution in [1.29, 1.82) is 0 Å². The van der Waals surface area contributed by atoms with Crippen molar-refractivity contribution in [3.8, 4) is 55.6 Å². The van der Waals surface area contributed by atoms with E-state index in [1.165, 1.54) is 284 Å². The summed E-state index contributed by atoms with van der Waals surface area (Å²) in [6.07, 6.45) is 27.9. The maximum atomic E-state index is 2.99. The van der Waals surface area contributed by atoms with Crippen LogP contribution in [0, 0.1) is 94.7 Å². The standard InChI is InChI=1S/C140H168N2/c1-133(2,3)101-52-89(53-102(77-101)134(4,5)6)85-48-86(90-54-103(135(7,8)9)78-104(55-90)136(10,11)12)61-109(60-85)141(111-64-94(123-70-93-69-122(123)84-44-43-82(93)47-84)50-95(65-111)124-71-98-74-127(124)116-40-30-37-113(98)116)131-119-35-28-29-36-120(119)132(130-68-83(45-46-121(130)131)81-33-26-25-27-34-81)142(112-66-96(125-72-99-75-128(125)117-41-31-38-114(99)117)51-97(67-112)126-73-100-76-129(126)118-42-32-39-115(100)118)110-62-87(91-56-105(137(13,14)15)79-106(57-91)138(16,17)18)49-88(63-110)92-58-107(139(19,20)21)80-108(59-92)140(22,23)24/h25-29,33-36,45-46,48-68,77-80,82,84,93,98-100,113-118,122-129H,30-32,37-44,47,69-76H2,1-24H3. The van der Waals surface area contributed by atoms with E-state index in [9.17, 15) is 0 Å². The van der Waals surface area contributed by atoms with Crippen molar-refractivity contribution in [2.24, 2.45) is 94.7 Å². The summed E-state index contributed by atoms with van der Waals surface area (Å²) in [5.41, 5.74) is 37.1. The van der Waals surface area contributed by atoms with Crippen LogP contribution in [0.5, 0.6) is 0 Å². The average molecular weight is 1880 g/mol. The Morgan fingerprint density at radius 2 is 0.451 bits per heavy atom. The molecular weight excluding hydrogens is 1710 g/mol. The average Bonchev–Trinajstić information content (AvgIpc) is 0.762. The molecule has 0 amide bonds. The van der Waals surface area contributed by atoms with Crippen LogP contribution < -0.4 is 9.80 Å². The first-order chi connectivity index (χ1) is 67.3. The maximum Gasteiger partial charge on any atom is 0.0620 e. The Bertz CT molecular complexity index is 6560. The van der Waals surface area contributed by atoms with Crippen LogP contribution in [0.2, 0.25) is 0 Å². The summed E-state index contributed by atoms with van der Waals surface area (Å²) in [5.74, 6) is 15.1. The van der Waals surface area contributed by atoms with E-state index in [1.54, 1.807) is 22.3 Å². The first-order valence-electron chi connectivity index (χ1n) is 57.2. The lowest BCUT2D eigenvalue weighted by atomic mass is 9.70. The Labute approximate surface area is 856 Å². The molecule has 12 saturated carbocycles. The van der Waals surface area contributed by atoms with E-state index in [1.807, 2.05) is 0 Å². The molecule has 0 aromatic heterocycles. The molecule has 12 aliphatic rings.